The van der Waals surface area contributed by atoms with Crippen LogP contribution in [-0.2, 0) is 14.4 Å². The molecule has 0 unspecified atom stereocenters. The SMILES string of the molecule is Cc1ccc(N2C(=O)[C@H]3[C@@H](c4cccc(F)c4)N(c4ccccc4)O[C@H]3C2=O)cc1. The molecule has 5 nitrogen and oxygen atoms in total. The van der Waals surface area contributed by atoms with Crippen LogP contribution in [0.4, 0.5) is 15.8 Å². The molecule has 2 saturated heterocycles. The fourth-order valence-corrected chi connectivity index (χ4v) is 4.19. The number of imide groups is 1. The van der Waals surface area contributed by atoms with Crippen molar-refractivity contribution in [3.05, 3.63) is 95.8 Å². The van der Waals surface area contributed by atoms with Gasteiger partial charge in [0.25, 0.3) is 5.91 Å². The molecule has 6 heteroatoms. The first-order valence-electron chi connectivity index (χ1n) is 9.75. The maximum absolute atomic E-state index is 14.0. The molecule has 30 heavy (non-hydrogen) atoms. The van der Waals surface area contributed by atoms with Crippen LogP contribution in [-0.4, -0.2) is 17.9 Å². The highest BCUT2D eigenvalue weighted by atomic mass is 19.1. The topological polar surface area (TPSA) is 49.9 Å². The van der Waals surface area contributed by atoms with Gasteiger partial charge >= 0.3 is 0 Å². The van der Waals surface area contributed by atoms with E-state index in [9.17, 15) is 14.0 Å². The van der Waals surface area contributed by atoms with Crippen molar-refractivity contribution in [2.45, 2.75) is 19.1 Å². The lowest BCUT2D eigenvalue weighted by molar-refractivity contribution is -0.126. The highest BCUT2D eigenvalue weighted by Crippen LogP contribution is 2.47. The van der Waals surface area contributed by atoms with Gasteiger partial charge in [-0.2, -0.15) is 0 Å². The summed E-state index contributed by atoms with van der Waals surface area (Å²) < 4.78 is 14.0. The van der Waals surface area contributed by atoms with Crippen LogP contribution in [0.5, 0.6) is 0 Å². The number of carbonyl (C=O) groups excluding carboxylic acids is 2. The van der Waals surface area contributed by atoms with Crippen molar-refractivity contribution in [3.63, 3.8) is 0 Å². The highest BCUT2D eigenvalue weighted by molar-refractivity contribution is 6.23. The van der Waals surface area contributed by atoms with E-state index < -0.39 is 29.8 Å². The first-order valence-corrected chi connectivity index (χ1v) is 9.75. The van der Waals surface area contributed by atoms with E-state index in [2.05, 4.69) is 0 Å². The van der Waals surface area contributed by atoms with Gasteiger partial charge in [-0.25, -0.2) is 14.4 Å². The number of carbonyl (C=O) groups is 2. The van der Waals surface area contributed by atoms with E-state index in [1.165, 1.54) is 17.0 Å². The molecule has 2 amide bonds. The summed E-state index contributed by atoms with van der Waals surface area (Å²) in [7, 11) is 0. The molecule has 0 radical (unpaired) electrons. The Morgan fingerprint density at radius 1 is 0.833 bits per heavy atom. The Labute approximate surface area is 173 Å². The summed E-state index contributed by atoms with van der Waals surface area (Å²) in [5, 5.41) is 1.56. The fraction of sp³-hybridized carbons (Fsp3) is 0.167. The molecule has 2 heterocycles. The van der Waals surface area contributed by atoms with Gasteiger partial charge in [0.15, 0.2) is 6.10 Å². The minimum Gasteiger partial charge on any atom is -0.273 e. The quantitative estimate of drug-likeness (QED) is 0.617. The summed E-state index contributed by atoms with van der Waals surface area (Å²) in [4.78, 5) is 33.8. The first kappa shape index (κ1) is 18.5. The Hall–Kier alpha value is -3.51. The van der Waals surface area contributed by atoms with E-state index in [0.29, 0.717) is 16.9 Å². The maximum Gasteiger partial charge on any atom is 0.266 e. The zero-order valence-electron chi connectivity index (χ0n) is 16.2. The molecule has 2 aliphatic heterocycles. The zero-order valence-corrected chi connectivity index (χ0v) is 16.2. The minimum absolute atomic E-state index is 0.346. The van der Waals surface area contributed by atoms with Gasteiger partial charge in [0.05, 0.1) is 17.4 Å². The largest absolute Gasteiger partial charge is 0.273 e. The molecule has 3 atom stereocenters. The zero-order chi connectivity index (χ0) is 20.8. The van der Waals surface area contributed by atoms with Crippen molar-refractivity contribution >= 4 is 23.2 Å². The summed E-state index contributed by atoms with van der Waals surface area (Å²) in [6.45, 7) is 1.94. The molecule has 0 spiro atoms. The third kappa shape index (κ3) is 2.88. The standard InChI is InChI=1S/C24H19FN2O3/c1-15-10-12-18(13-11-15)26-23(28)20-21(16-6-5-7-17(25)14-16)27(30-22(20)24(26)29)19-8-3-2-4-9-19/h2-14,20-22H,1H3/t20-,21+,22+/m0/s1. The van der Waals surface area contributed by atoms with Gasteiger partial charge < -0.3 is 0 Å². The Morgan fingerprint density at radius 2 is 1.57 bits per heavy atom. The number of fused-ring (bicyclic) bond motifs is 1. The molecule has 3 aromatic rings. The molecule has 2 fully saturated rings. The lowest BCUT2D eigenvalue weighted by atomic mass is 9.90. The van der Waals surface area contributed by atoms with Crippen LogP contribution in [0.15, 0.2) is 78.9 Å². The number of benzene rings is 3. The van der Waals surface area contributed by atoms with Crippen molar-refractivity contribution in [1.82, 2.24) is 0 Å². The average molecular weight is 402 g/mol. The van der Waals surface area contributed by atoms with E-state index in [1.54, 1.807) is 29.3 Å². The molecule has 5 rings (SSSR count). The summed E-state index contributed by atoms with van der Waals surface area (Å²) in [6.07, 6.45) is -0.965. The van der Waals surface area contributed by atoms with Crippen LogP contribution in [0.25, 0.3) is 0 Å². The summed E-state index contributed by atoms with van der Waals surface area (Å²) in [6, 6.07) is 21.9. The third-order valence-electron chi connectivity index (χ3n) is 5.61. The van der Waals surface area contributed by atoms with Crippen molar-refractivity contribution in [2.75, 3.05) is 9.96 Å². The van der Waals surface area contributed by atoms with Crippen molar-refractivity contribution < 1.29 is 18.8 Å². The smallest absolute Gasteiger partial charge is 0.266 e. The maximum atomic E-state index is 14.0. The molecule has 150 valence electrons. The van der Waals surface area contributed by atoms with Crippen LogP contribution in [0.3, 0.4) is 0 Å². The van der Waals surface area contributed by atoms with Crippen molar-refractivity contribution in [3.8, 4) is 0 Å². The van der Waals surface area contributed by atoms with Crippen molar-refractivity contribution in [2.24, 2.45) is 5.92 Å². The molecule has 0 bridgehead atoms. The van der Waals surface area contributed by atoms with E-state index in [4.69, 9.17) is 4.84 Å². The lowest BCUT2D eigenvalue weighted by Crippen LogP contribution is -2.37. The van der Waals surface area contributed by atoms with Gasteiger partial charge in [-0.05, 0) is 48.9 Å². The van der Waals surface area contributed by atoms with Gasteiger partial charge in [0.2, 0.25) is 5.91 Å². The number of rotatable bonds is 3. The van der Waals surface area contributed by atoms with Crippen LogP contribution in [0.1, 0.15) is 17.2 Å². The van der Waals surface area contributed by atoms with Gasteiger partial charge in [-0.1, -0.05) is 48.0 Å². The van der Waals surface area contributed by atoms with E-state index in [1.807, 2.05) is 49.4 Å². The highest BCUT2D eigenvalue weighted by Gasteiger charge is 2.60. The van der Waals surface area contributed by atoms with E-state index in [0.717, 1.165) is 5.56 Å². The summed E-state index contributed by atoms with van der Waals surface area (Å²) in [5.41, 5.74) is 2.82. The Bertz CT molecular complexity index is 1120. The molecular formula is C24H19FN2O3. The first-order chi connectivity index (χ1) is 14.5. The molecule has 0 aliphatic carbocycles. The second-order valence-electron chi connectivity index (χ2n) is 7.56. The molecule has 0 N–H and O–H groups in total. The van der Waals surface area contributed by atoms with Gasteiger partial charge in [0, 0.05) is 0 Å². The fourth-order valence-electron chi connectivity index (χ4n) is 4.19. The monoisotopic (exact) mass is 402 g/mol. The molecule has 2 aliphatic rings. The number of amides is 2. The van der Waals surface area contributed by atoms with Crippen LogP contribution in [0.2, 0.25) is 0 Å². The number of para-hydroxylation sites is 1. The minimum atomic E-state index is -0.965. The number of halogens is 1. The van der Waals surface area contributed by atoms with E-state index >= 15 is 0 Å². The Kier molecular flexibility index (Phi) is 4.37. The molecule has 0 saturated carbocycles. The Balaban J connectivity index is 1.59. The van der Waals surface area contributed by atoms with Gasteiger partial charge in [-0.3, -0.25) is 14.4 Å². The second kappa shape index (κ2) is 7.07. The normalized spacial score (nSPS) is 23.2. The number of nitrogens with zero attached hydrogens (tertiary/aromatic N) is 2. The third-order valence-corrected chi connectivity index (χ3v) is 5.61. The summed E-state index contributed by atoms with van der Waals surface area (Å²) >= 11 is 0. The lowest BCUT2D eigenvalue weighted by Gasteiger charge is -2.28. The predicted molar refractivity (Wildman–Crippen MR) is 110 cm³/mol. The van der Waals surface area contributed by atoms with E-state index in [-0.39, 0.29) is 5.91 Å². The average Bonchev–Trinajstić information content (AvgIpc) is 3.26. The number of hydrogen-bond acceptors (Lipinski definition) is 4. The number of hydrogen-bond donors (Lipinski definition) is 0. The molecular weight excluding hydrogens is 383 g/mol. The van der Waals surface area contributed by atoms with Gasteiger partial charge in [-0.15, -0.1) is 0 Å². The number of aryl methyl sites for hydroxylation is 1. The Morgan fingerprint density at radius 3 is 2.27 bits per heavy atom. The van der Waals surface area contributed by atoms with Crippen molar-refractivity contribution in [1.29, 1.82) is 0 Å². The number of hydroxylamine groups is 1. The van der Waals surface area contributed by atoms with Gasteiger partial charge in [0.1, 0.15) is 11.7 Å². The second-order valence-corrected chi connectivity index (χ2v) is 7.56. The molecule has 3 aromatic carbocycles. The molecule has 0 aromatic heterocycles. The van der Waals surface area contributed by atoms with Crippen LogP contribution >= 0.6 is 0 Å². The number of anilines is 2. The summed E-state index contributed by atoms with van der Waals surface area (Å²) in [5.74, 6) is -1.94. The van der Waals surface area contributed by atoms with Crippen LogP contribution in [0, 0.1) is 18.7 Å². The van der Waals surface area contributed by atoms with Crippen LogP contribution < -0.4 is 9.96 Å². The predicted octanol–water partition coefficient (Wildman–Crippen LogP) is 4.19.